The first-order valence-electron chi connectivity index (χ1n) is 7.57. The first-order valence-corrected chi connectivity index (χ1v) is 8.62. The minimum Gasteiger partial charge on any atom is -0.384 e. The number of anilines is 1. The van der Waals surface area contributed by atoms with Crippen LogP contribution in [0.25, 0.3) is 0 Å². The van der Waals surface area contributed by atoms with Gasteiger partial charge in [0.15, 0.2) is 0 Å². The maximum Gasteiger partial charge on any atom is 0.251 e. The van der Waals surface area contributed by atoms with E-state index in [1.54, 1.807) is 0 Å². The van der Waals surface area contributed by atoms with Crippen molar-refractivity contribution in [2.24, 2.45) is 0 Å². The Kier molecular flexibility index (Phi) is 5.82. The van der Waals surface area contributed by atoms with Crippen LogP contribution in [0.15, 0.2) is 18.2 Å². The highest BCUT2D eigenvalue weighted by molar-refractivity contribution is 7.99. The fraction of sp³-hybridized carbons (Fsp3) is 0.562. The molecule has 2 atom stereocenters. The molecule has 2 unspecified atom stereocenters. The number of hydrogen-bond acceptors (Lipinski definition) is 3. The summed E-state index contributed by atoms with van der Waals surface area (Å²) in [5, 5.41) is 7.17. The number of halogens is 1. The van der Waals surface area contributed by atoms with Crippen LogP contribution >= 0.6 is 24.2 Å². The number of nitrogens with one attached hydrogen (secondary N) is 2. The average molecular weight is 327 g/mol. The smallest absolute Gasteiger partial charge is 0.251 e. The summed E-state index contributed by atoms with van der Waals surface area (Å²) in [4.78, 5) is 12.4. The minimum atomic E-state index is 0. The van der Waals surface area contributed by atoms with Crippen LogP contribution in [0.5, 0.6) is 0 Å². The molecule has 21 heavy (non-hydrogen) atoms. The van der Waals surface area contributed by atoms with Crippen molar-refractivity contribution in [3.63, 3.8) is 0 Å². The monoisotopic (exact) mass is 326 g/mol. The van der Waals surface area contributed by atoms with E-state index in [0.29, 0.717) is 11.3 Å². The Labute approximate surface area is 137 Å². The van der Waals surface area contributed by atoms with E-state index in [-0.39, 0.29) is 18.3 Å². The molecule has 0 aromatic heterocycles. The van der Waals surface area contributed by atoms with Crippen LogP contribution in [0, 0.1) is 0 Å². The zero-order valence-electron chi connectivity index (χ0n) is 12.4. The molecule has 3 rings (SSSR count). The summed E-state index contributed by atoms with van der Waals surface area (Å²) in [5.41, 5.74) is 3.25. The van der Waals surface area contributed by atoms with Gasteiger partial charge in [-0.3, -0.25) is 4.79 Å². The number of carbonyl (C=O) groups is 1. The van der Waals surface area contributed by atoms with Gasteiger partial charge in [0, 0.05) is 29.1 Å². The summed E-state index contributed by atoms with van der Waals surface area (Å²) < 4.78 is 0. The van der Waals surface area contributed by atoms with Crippen molar-refractivity contribution in [2.75, 3.05) is 17.6 Å². The van der Waals surface area contributed by atoms with E-state index in [9.17, 15) is 4.79 Å². The number of amides is 1. The fourth-order valence-electron chi connectivity index (χ4n) is 3.20. The van der Waals surface area contributed by atoms with Crippen molar-refractivity contribution >= 4 is 35.8 Å². The van der Waals surface area contributed by atoms with Crippen molar-refractivity contribution < 1.29 is 4.79 Å². The van der Waals surface area contributed by atoms with Crippen LogP contribution in [0.1, 0.15) is 42.1 Å². The standard InChI is InChI=1S/C16H22N2OS.ClH/c1-2-20-15-5-3-4-14(15)18-16(19)12-6-7-13-11(10-12)8-9-17-13;/h6-7,10,14-15,17H,2-5,8-9H2,1H3,(H,18,19);1H. The zero-order chi connectivity index (χ0) is 13.9. The molecule has 3 nitrogen and oxygen atoms in total. The number of carbonyl (C=O) groups excluding carboxylic acids is 1. The molecule has 116 valence electrons. The highest BCUT2D eigenvalue weighted by Crippen LogP contribution is 2.30. The van der Waals surface area contributed by atoms with Crippen molar-refractivity contribution in [1.82, 2.24) is 5.32 Å². The van der Waals surface area contributed by atoms with Gasteiger partial charge in [-0.05, 0) is 48.8 Å². The maximum absolute atomic E-state index is 12.4. The van der Waals surface area contributed by atoms with E-state index >= 15 is 0 Å². The first kappa shape index (κ1) is 16.5. The van der Waals surface area contributed by atoms with Crippen LogP contribution in [0.2, 0.25) is 0 Å². The molecule has 2 N–H and O–H groups in total. The summed E-state index contributed by atoms with van der Waals surface area (Å²) >= 11 is 1.98. The average Bonchev–Trinajstić information content (AvgIpc) is 3.07. The molecule has 1 aliphatic heterocycles. The Morgan fingerprint density at radius 1 is 1.43 bits per heavy atom. The Hall–Kier alpha value is -0.870. The van der Waals surface area contributed by atoms with Gasteiger partial charge in [0.2, 0.25) is 0 Å². The van der Waals surface area contributed by atoms with Crippen molar-refractivity contribution in [3.05, 3.63) is 29.3 Å². The highest BCUT2D eigenvalue weighted by Gasteiger charge is 2.28. The van der Waals surface area contributed by atoms with E-state index < -0.39 is 0 Å². The summed E-state index contributed by atoms with van der Waals surface area (Å²) in [5.74, 6) is 1.22. The third-order valence-electron chi connectivity index (χ3n) is 4.23. The molecule has 1 aromatic rings. The molecule has 1 saturated carbocycles. The van der Waals surface area contributed by atoms with Gasteiger partial charge in [-0.2, -0.15) is 11.8 Å². The van der Waals surface area contributed by atoms with Gasteiger partial charge >= 0.3 is 0 Å². The molecular weight excluding hydrogens is 304 g/mol. The highest BCUT2D eigenvalue weighted by atomic mass is 35.5. The normalized spacial score (nSPS) is 23.1. The number of hydrogen-bond donors (Lipinski definition) is 2. The molecular formula is C16H23ClN2OS. The maximum atomic E-state index is 12.4. The van der Waals surface area contributed by atoms with Crippen LogP contribution in [0.4, 0.5) is 5.69 Å². The zero-order valence-corrected chi connectivity index (χ0v) is 14.0. The van der Waals surface area contributed by atoms with E-state index in [1.807, 2.05) is 30.0 Å². The lowest BCUT2D eigenvalue weighted by molar-refractivity contribution is 0.0938. The Morgan fingerprint density at radius 3 is 3.10 bits per heavy atom. The second-order valence-corrected chi connectivity index (χ2v) is 7.07. The molecule has 0 saturated heterocycles. The number of fused-ring (bicyclic) bond motifs is 1. The molecule has 1 amide bonds. The SMILES string of the molecule is CCSC1CCCC1NC(=O)c1ccc2c(c1)CCN2.Cl. The molecule has 0 radical (unpaired) electrons. The Balaban J connectivity index is 0.00000161. The quantitative estimate of drug-likeness (QED) is 0.890. The lowest BCUT2D eigenvalue weighted by Gasteiger charge is -2.20. The van der Waals surface area contributed by atoms with Crippen LogP contribution in [0.3, 0.4) is 0 Å². The molecule has 0 bridgehead atoms. The summed E-state index contributed by atoms with van der Waals surface area (Å²) in [6.45, 7) is 3.17. The second kappa shape index (κ2) is 7.41. The molecule has 1 fully saturated rings. The van der Waals surface area contributed by atoms with Gasteiger partial charge in [-0.15, -0.1) is 12.4 Å². The van der Waals surface area contributed by atoms with Crippen LogP contribution in [-0.4, -0.2) is 29.5 Å². The molecule has 5 heteroatoms. The molecule has 0 spiro atoms. The third kappa shape index (κ3) is 3.67. The van der Waals surface area contributed by atoms with Crippen LogP contribution < -0.4 is 10.6 Å². The molecule has 1 aliphatic carbocycles. The number of benzene rings is 1. The Morgan fingerprint density at radius 2 is 2.29 bits per heavy atom. The van der Waals surface area contributed by atoms with Crippen LogP contribution in [-0.2, 0) is 6.42 Å². The van der Waals surface area contributed by atoms with Gasteiger partial charge in [0.1, 0.15) is 0 Å². The Bertz CT molecular complexity index is 509. The fourth-order valence-corrected chi connectivity index (χ4v) is 4.40. The first-order chi connectivity index (χ1) is 9.78. The number of rotatable bonds is 4. The van der Waals surface area contributed by atoms with Gasteiger partial charge in [-0.25, -0.2) is 0 Å². The summed E-state index contributed by atoms with van der Waals surface area (Å²) in [7, 11) is 0. The molecule has 1 aromatic carbocycles. The van der Waals surface area contributed by atoms with E-state index in [1.165, 1.54) is 24.1 Å². The van der Waals surface area contributed by atoms with Gasteiger partial charge in [0.05, 0.1) is 0 Å². The number of thioether (sulfide) groups is 1. The molecule has 1 heterocycles. The van der Waals surface area contributed by atoms with E-state index in [2.05, 4.69) is 17.6 Å². The lowest BCUT2D eigenvalue weighted by atomic mass is 10.1. The third-order valence-corrected chi connectivity index (χ3v) is 5.55. The van der Waals surface area contributed by atoms with Crippen molar-refractivity contribution in [3.8, 4) is 0 Å². The summed E-state index contributed by atoms with van der Waals surface area (Å²) in [6.07, 6.45) is 4.61. The lowest BCUT2D eigenvalue weighted by Crippen LogP contribution is -2.38. The van der Waals surface area contributed by atoms with Crippen molar-refractivity contribution in [1.29, 1.82) is 0 Å². The van der Waals surface area contributed by atoms with E-state index in [0.717, 1.165) is 30.7 Å². The van der Waals surface area contributed by atoms with E-state index in [4.69, 9.17) is 0 Å². The minimum absolute atomic E-state index is 0. The van der Waals surface area contributed by atoms with Gasteiger partial charge < -0.3 is 10.6 Å². The topological polar surface area (TPSA) is 41.1 Å². The van der Waals surface area contributed by atoms with Crippen molar-refractivity contribution in [2.45, 2.75) is 43.9 Å². The molecule has 2 aliphatic rings. The predicted octanol–water partition coefficient (Wildman–Crippen LogP) is 3.48. The predicted molar refractivity (Wildman–Crippen MR) is 92.9 cm³/mol. The second-order valence-electron chi connectivity index (χ2n) is 5.55. The summed E-state index contributed by atoms with van der Waals surface area (Å²) in [6, 6.07) is 6.36. The van der Waals surface area contributed by atoms with Gasteiger partial charge in [-0.1, -0.05) is 13.3 Å². The van der Waals surface area contributed by atoms with Gasteiger partial charge in [0.25, 0.3) is 5.91 Å². The largest absolute Gasteiger partial charge is 0.384 e.